The van der Waals surface area contributed by atoms with E-state index in [9.17, 15) is 9.18 Å². The van der Waals surface area contributed by atoms with Crippen LogP contribution in [0.2, 0.25) is 0 Å². The van der Waals surface area contributed by atoms with Gasteiger partial charge in [-0.1, -0.05) is 24.3 Å². The first kappa shape index (κ1) is 20.8. The summed E-state index contributed by atoms with van der Waals surface area (Å²) in [6, 6.07) is 17.6. The van der Waals surface area contributed by atoms with Crippen molar-refractivity contribution >= 4 is 23.4 Å². The number of halogens is 1. The molecule has 7 heteroatoms. The van der Waals surface area contributed by atoms with E-state index in [0.717, 1.165) is 29.2 Å². The number of benzene rings is 2. The van der Waals surface area contributed by atoms with E-state index in [-0.39, 0.29) is 11.7 Å². The molecule has 2 aromatic heterocycles. The summed E-state index contributed by atoms with van der Waals surface area (Å²) in [4.78, 5) is 21.4. The molecule has 0 aliphatic heterocycles. The second-order valence-electron chi connectivity index (χ2n) is 7.02. The van der Waals surface area contributed by atoms with Gasteiger partial charge < -0.3 is 9.88 Å². The van der Waals surface area contributed by atoms with Crippen LogP contribution >= 0.6 is 11.8 Å². The molecule has 4 aromatic rings. The van der Waals surface area contributed by atoms with Crippen LogP contribution in [0.4, 0.5) is 10.1 Å². The van der Waals surface area contributed by atoms with Crippen molar-refractivity contribution in [2.24, 2.45) is 0 Å². The number of nitrogens with zero attached hydrogens (tertiary/aromatic N) is 3. The van der Waals surface area contributed by atoms with Gasteiger partial charge in [-0.3, -0.25) is 4.79 Å². The maximum atomic E-state index is 13.1. The van der Waals surface area contributed by atoms with Crippen molar-refractivity contribution in [1.82, 2.24) is 14.5 Å². The highest BCUT2D eigenvalue weighted by Gasteiger charge is 2.13. The van der Waals surface area contributed by atoms with Crippen molar-refractivity contribution in [3.05, 3.63) is 108 Å². The summed E-state index contributed by atoms with van der Waals surface area (Å²) in [7, 11) is 0. The standard InChI is InChI=1S/C24H21FN4OS/c1-17-26-13-14-29(17)15-18-6-10-21(11-7-18)28-23(30)22-3-2-12-27-24(22)31-16-19-4-8-20(25)9-5-19/h2-14H,15-16H2,1H3,(H,28,30). The Morgan fingerprint density at radius 3 is 2.45 bits per heavy atom. The zero-order valence-corrected chi connectivity index (χ0v) is 17.8. The number of thioether (sulfide) groups is 1. The average molecular weight is 433 g/mol. The average Bonchev–Trinajstić information content (AvgIpc) is 3.19. The molecule has 31 heavy (non-hydrogen) atoms. The van der Waals surface area contributed by atoms with Crippen molar-refractivity contribution in [3.63, 3.8) is 0 Å². The molecule has 1 amide bonds. The number of aromatic nitrogens is 3. The van der Waals surface area contributed by atoms with Crippen LogP contribution in [0.3, 0.4) is 0 Å². The van der Waals surface area contributed by atoms with Gasteiger partial charge in [0.05, 0.1) is 5.56 Å². The van der Waals surface area contributed by atoms with E-state index >= 15 is 0 Å². The Labute approximate surface area is 184 Å². The van der Waals surface area contributed by atoms with Gasteiger partial charge in [-0.05, 0) is 54.4 Å². The van der Waals surface area contributed by atoms with Crippen LogP contribution in [0.25, 0.3) is 0 Å². The highest BCUT2D eigenvalue weighted by molar-refractivity contribution is 7.98. The molecule has 0 fully saturated rings. The van der Waals surface area contributed by atoms with Gasteiger partial charge in [-0.2, -0.15) is 0 Å². The van der Waals surface area contributed by atoms with Crippen LogP contribution in [-0.2, 0) is 12.3 Å². The molecule has 0 aliphatic rings. The Balaban J connectivity index is 1.41. The number of pyridine rings is 1. The Morgan fingerprint density at radius 2 is 1.74 bits per heavy atom. The van der Waals surface area contributed by atoms with Gasteiger partial charge >= 0.3 is 0 Å². The lowest BCUT2D eigenvalue weighted by Crippen LogP contribution is -2.13. The largest absolute Gasteiger partial charge is 0.331 e. The summed E-state index contributed by atoms with van der Waals surface area (Å²) in [5, 5.41) is 3.58. The predicted octanol–water partition coefficient (Wildman–Crippen LogP) is 5.32. The molecule has 156 valence electrons. The van der Waals surface area contributed by atoms with Crippen LogP contribution in [0.5, 0.6) is 0 Å². The highest BCUT2D eigenvalue weighted by Crippen LogP contribution is 2.25. The second kappa shape index (κ2) is 9.57. The molecule has 0 radical (unpaired) electrons. The van der Waals surface area contributed by atoms with Crippen molar-refractivity contribution in [2.45, 2.75) is 24.2 Å². The Bertz CT molecular complexity index is 1170. The van der Waals surface area contributed by atoms with Crippen LogP contribution in [0, 0.1) is 12.7 Å². The normalized spacial score (nSPS) is 10.8. The minimum absolute atomic E-state index is 0.215. The van der Waals surface area contributed by atoms with Gasteiger partial charge in [0.2, 0.25) is 0 Å². The molecule has 4 rings (SSSR count). The van der Waals surface area contributed by atoms with Gasteiger partial charge in [0.1, 0.15) is 16.7 Å². The number of carbonyl (C=O) groups excluding carboxylic acids is 1. The topological polar surface area (TPSA) is 59.8 Å². The fraction of sp³-hybridized carbons (Fsp3) is 0.125. The number of amides is 1. The summed E-state index contributed by atoms with van der Waals surface area (Å²) in [6.45, 7) is 2.70. The lowest BCUT2D eigenvalue weighted by Gasteiger charge is -2.10. The lowest BCUT2D eigenvalue weighted by molar-refractivity contribution is 0.102. The fourth-order valence-corrected chi connectivity index (χ4v) is 4.02. The van der Waals surface area contributed by atoms with Gasteiger partial charge in [-0.15, -0.1) is 11.8 Å². The molecule has 0 unspecified atom stereocenters. The first-order valence-corrected chi connectivity index (χ1v) is 10.8. The monoisotopic (exact) mass is 432 g/mol. The van der Waals surface area contributed by atoms with E-state index < -0.39 is 0 Å². The molecular weight excluding hydrogens is 411 g/mol. The maximum absolute atomic E-state index is 13.1. The van der Waals surface area contributed by atoms with E-state index in [0.29, 0.717) is 16.3 Å². The number of anilines is 1. The van der Waals surface area contributed by atoms with Crippen molar-refractivity contribution in [2.75, 3.05) is 5.32 Å². The summed E-state index contributed by atoms with van der Waals surface area (Å²) in [5.41, 5.74) is 3.31. The van der Waals surface area contributed by atoms with Crippen LogP contribution in [-0.4, -0.2) is 20.4 Å². The minimum Gasteiger partial charge on any atom is -0.331 e. The molecule has 0 bridgehead atoms. The van der Waals surface area contributed by atoms with E-state index in [2.05, 4.69) is 19.9 Å². The Morgan fingerprint density at radius 1 is 1.00 bits per heavy atom. The first-order chi connectivity index (χ1) is 15.1. The zero-order chi connectivity index (χ0) is 21.6. The number of hydrogen-bond donors (Lipinski definition) is 1. The zero-order valence-electron chi connectivity index (χ0n) is 17.0. The number of nitrogens with one attached hydrogen (secondary N) is 1. The van der Waals surface area contributed by atoms with Gasteiger partial charge in [-0.25, -0.2) is 14.4 Å². The van der Waals surface area contributed by atoms with Crippen LogP contribution in [0.1, 0.15) is 27.3 Å². The summed E-state index contributed by atoms with van der Waals surface area (Å²) >= 11 is 1.45. The smallest absolute Gasteiger partial charge is 0.258 e. The summed E-state index contributed by atoms with van der Waals surface area (Å²) in [5.74, 6) is 1.07. The third-order valence-corrected chi connectivity index (χ3v) is 5.87. The third-order valence-electron chi connectivity index (χ3n) is 4.79. The van der Waals surface area contributed by atoms with E-state index in [1.807, 2.05) is 37.4 Å². The summed E-state index contributed by atoms with van der Waals surface area (Å²) in [6.07, 6.45) is 5.39. The molecule has 2 heterocycles. The maximum Gasteiger partial charge on any atom is 0.258 e. The molecular formula is C24H21FN4OS. The molecule has 0 saturated carbocycles. The SMILES string of the molecule is Cc1nccn1Cc1ccc(NC(=O)c2cccnc2SCc2ccc(F)cc2)cc1. The second-order valence-corrected chi connectivity index (χ2v) is 7.99. The lowest BCUT2D eigenvalue weighted by atomic mass is 10.2. The van der Waals surface area contributed by atoms with Gasteiger partial charge in [0.25, 0.3) is 5.91 Å². The highest BCUT2D eigenvalue weighted by atomic mass is 32.2. The molecule has 0 aliphatic carbocycles. The molecule has 2 aromatic carbocycles. The fourth-order valence-electron chi connectivity index (χ4n) is 3.07. The van der Waals surface area contributed by atoms with Crippen LogP contribution < -0.4 is 5.32 Å². The number of carbonyl (C=O) groups is 1. The molecule has 0 spiro atoms. The van der Waals surface area contributed by atoms with E-state index in [1.165, 1.54) is 23.9 Å². The first-order valence-electron chi connectivity index (χ1n) is 9.79. The van der Waals surface area contributed by atoms with E-state index in [1.54, 1.807) is 36.7 Å². The predicted molar refractivity (Wildman–Crippen MR) is 121 cm³/mol. The molecule has 0 saturated heterocycles. The van der Waals surface area contributed by atoms with Crippen LogP contribution in [0.15, 0.2) is 84.3 Å². The number of rotatable bonds is 7. The van der Waals surface area contributed by atoms with Gasteiger partial charge in [0, 0.05) is 36.6 Å². The van der Waals surface area contributed by atoms with Crippen molar-refractivity contribution in [1.29, 1.82) is 0 Å². The van der Waals surface area contributed by atoms with Gasteiger partial charge in [0.15, 0.2) is 0 Å². The minimum atomic E-state index is -0.266. The Hall–Kier alpha value is -3.45. The Kier molecular flexibility index (Phi) is 6.43. The molecule has 1 N–H and O–H groups in total. The van der Waals surface area contributed by atoms with Crippen molar-refractivity contribution < 1.29 is 9.18 Å². The number of imidazole rings is 1. The summed E-state index contributed by atoms with van der Waals surface area (Å²) < 4.78 is 15.2. The number of hydrogen-bond acceptors (Lipinski definition) is 4. The quantitative estimate of drug-likeness (QED) is 0.402. The van der Waals surface area contributed by atoms with E-state index in [4.69, 9.17) is 0 Å². The van der Waals surface area contributed by atoms with Crippen molar-refractivity contribution in [3.8, 4) is 0 Å². The molecule has 5 nitrogen and oxygen atoms in total. The number of aryl methyl sites for hydroxylation is 1. The molecule has 0 atom stereocenters. The third kappa shape index (κ3) is 5.38.